The summed E-state index contributed by atoms with van der Waals surface area (Å²) in [6, 6.07) is -0.205. The molecule has 1 aliphatic rings. The molecule has 1 unspecified atom stereocenters. The number of nitrogens with two attached hydrogens (primary N) is 1. The molecule has 1 rings (SSSR count). The Labute approximate surface area is 76.5 Å². The van der Waals surface area contributed by atoms with E-state index in [0.717, 1.165) is 19.3 Å². The predicted octanol–water partition coefficient (Wildman–Crippen LogP) is 0.394. The molecule has 0 saturated carbocycles. The van der Waals surface area contributed by atoms with Gasteiger partial charge in [-0.3, -0.25) is 4.79 Å². The highest BCUT2D eigenvalue weighted by Gasteiger charge is 2.27. The Morgan fingerprint density at radius 1 is 1.46 bits per heavy atom. The van der Waals surface area contributed by atoms with E-state index in [2.05, 4.69) is 0 Å². The molecule has 0 aliphatic carbocycles. The Balaban J connectivity index is 2.56. The molecule has 0 bridgehead atoms. The number of carboxylic acid groups (broad SMARTS) is 1. The molecule has 5 heteroatoms. The Hall–Kier alpha value is -1.26. The summed E-state index contributed by atoms with van der Waals surface area (Å²) in [6.45, 7) is 0.521. The fourth-order valence-electron chi connectivity index (χ4n) is 1.70. The summed E-state index contributed by atoms with van der Waals surface area (Å²) in [5.41, 5.74) is 5.03. The Morgan fingerprint density at radius 3 is 2.69 bits per heavy atom. The van der Waals surface area contributed by atoms with Crippen molar-refractivity contribution in [3.8, 4) is 0 Å². The SMILES string of the molecule is NC(=O)CC1CCCCN1C(=O)O. The number of amides is 2. The van der Waals surface area contributed by atoms with Crippen molar-refractivity contribution in [3.63, 3.8) is 0 Å². The lowest BCUT2D eigenvalue weighted by Crippen LogP contribution is -2.44. The van der Waals surface area contributed by atoms with Gasteiger partial charge in [-0.2, -0.15) is 0 Å². The van der Waals surface area contributed by atoms with Crippen LogP contribution in [-0.2, 0) is 4.79 Å². The molecule has 74 valence electrons. The Morgan fingerprint density at radius 2 is 2.15 bits per heavy atom. The van der Waals surface area contributed by atoms with E-state index in [-0.39, 0.29) is 12.5 Å². The molecule has 13 heavy (non-hydrogen) atoms. The van der Waals surface area contributed by atoms with Crippen LogP contribution in [0.4, 0.5) is 4.79 Å². The maximum atomic E-state index is 10.7. The van der Waals surface area contributed by atoms with Gasteiger partial charge in [-0.15, -0.1) is 0 Å². The van der Waals surface area contributed by atoms with E-state index >= 15 is 0 Å². The number of carbonyl (C=O) groups excluding carboxylic acids is 1. The van der Waals surface area contributed by atoms with Crippen LogP contribution in [0.25, 0.3) is 0 Å². The van der Waals surface area contributed by atoms with Crippen molar-refractivity contribution < 1.29 is 14.7 Å². The van der Waals surface area contributed by atoms with Crippen LogP contribution in [0.3, 0.4) is 0 Å². The standard InChI is InChI=1S/C8H14N2O3/c9-7(11)5-6-3-1-2-4-10(6)8(12)13/h6H,1-5H2,(H2,9,11)(H,12,13). The maximum Gasteiger partial charge on any atom is 0.407 e. The molecule has 1 saturated heterocycles. The zero-order valence-corrected chi connectivity index (χ0v) is 7.40. The van der Waals surface area contributed by atoms with Crippen molar-refractivity contribution in [1.82, 2.24) is 4.90 Å². The molecule has 1 fully saturated rings. The van der Waals surface area contributed by atoms with Gasteiger partial charge in [-0.25, -0.2) is 4.79 Å². The first-order valence-electron chi connectivity index (χ1n) is 4.39. The molecule has 0 aromatic carbocycles. The normalized spacial score (nSPS) is 22.8. The zero-order chi connectivity index (χ0) is 9.84. The number of hydrogen-bond acceptors (Lipinski definition) is 2. The quantitative estimate of drug-likeness (QED) is 0.654. The van der Waals surface area contributed by atoms with Crippen molar-refractivity contribution in [3.05, 3.63) is 0 Å². The molecule has 1 atom stereocenters. The van der Waals surface area contributed by atoms with E-state index in [9.17, 15) is 9.59 Å². The lowest BCUT2D eigenvalue weighted by Gasteiger charge is -2.32. The summed E-state index contributed by atoms with van der Waals surface area (Å²) >= 11 is 0. The van der Waals surface area contributed by atoms with Gasteiger partial charge in [0, 0.05) is 19.0 Å². The number of carbonyl (C=O) groups is 2. The fraction of sp³-hybridized carbons (Fsp3) is 0.750. The highest BCUT2D eigenvalue weighted by Crippen LogP contribution is 2.19. The minimum atomic E-state index is -0.953. The Bertz CT molecular complexity index is 217. The summed E-state index contributed by atoms with van der Waals surface area (Å²) in [7, 11) is 0. The van der Waals surface area contributed by atoms with Crippen LogP contribution in [0.1, 0.15) is 25.7 Å². The number of hydrogen-bond donors (Lipinski definition) is 2. The molecule has 5 nitrogen and oxygen atoms in total. The number of primary amides is 1. The van der Waals surface area contributed by atoms with Crippen molar-refractivity contribution in [2.75, 3.05) is 6.54 Å². The summed E-state index contributed by atoms with van der Waals surface area (Å²) in [5, 5.41) is 8.80. The van der Waals surface area contributed by atoms with Gasteiger partial charge in [0.1, 0.15) is 0 Å². The second-order valence-corrected chi connectivity index (χ2v) is 3.30. The number of nitrogens with zero attached hydrogens (tertiary/aromatic N) is 1. The van der Waals surface area contributed by atoms with Gasteiger partial charge in [-0.1, -0.05) is 0 Å². The average molecular weight is 186 g/mol. The van der Waals surface area contributed by atoms with Gasteiger partial charge < -0.3 is 15.7 Å². The highest BCUT2D eigenvalue weighted by molar-refractivity contribution is 5.75. The van der Waals surface area contributed by atoms with Gasteiger partial charge in [0.25, 0.3) is 0 Å². The van der Waals surface area contributed by atoms with Gasteiger partial charge in [0.15, 0.2) is 0 Å². The second kappa shape index (κ2) is 4.11. The second-order valence-electron chi connectivity index (χ2n) is 3.30. The van der Waals surface area contributed by atoms with Crippen molar-refractivity contribution in [2.45, 2.75) is 31.7 Å². The van der Waals surface area contributed by atoms with E-state index in [4.69, 9.17) is 10.8 Å². The van der Waals surface area contributed by atoms with E-state index in [1.54, 1.807) is 0 Å². The minimum absolute atomic E-state index is 0.145. The molecule has 3 N–H and O–H groups in total. The first-order valence-corrected chi connectivity index (χ1v) is 4.39. The molecule has 0 spiro atoms. The van der Waals surface area contributed by atoms with Gasteiger partial charge in [0.05, 0.1) is 0 Å². The number of likely N-dealkylation sites (tertiary alicyclic amines) is 1. The molecule has 0 aromatic heterocycles. The smallest absolute Gasteiger partial charge is 0.407 e. The summed E-state index contributed by atoms with van der Waals surface area (Å²) in [5.74, 6) is -0.432. The van der Waals surface area contributed by atoms with E-state index in [1.807, 2.05) is 0 Å². The van der Waals surface area contributed by atoms with Gasteiger partial charge in [0.2, 0.25) is 5.91 Å². The van der Waals surface area contributed by atoms with Gasteiger partial charge in [-0.05, 0) is 19.3 Å². The summed E-state index contributed by atoms with van der Waals surface area (Å²) in [6.07, 6.45) is 1.79. The first kappa shape index (κ1) is 9.83. The lowest BCUT2D eigenvalue weighted by atomic mass is 10.00. The largest absolute Gasteiger partial charge is 0.465 e. The van der Waals surface area contributed by atoms with E-state index in [0.29, 0.717) is 6.54 Å². The van der Waals surface area contributed by atoms with Crippen molar-refractivity contribution in [2.24, 2.45) is 5.73 Å². The monoisotopic (exact) mass is 186 g/mol. The van der Waals surface area contributed by atoms with E-state index in [1.165, 1.54) is 4.90 Å². The third-order valence-electron chi connectivity index (χ3n) is 2.31. The third kappa shape index (κ3) is 2.61. The molecule has 1 aliphatic heterocycles. The molecular formula is C8H14N2O3. The summed E-state index contributed by atoms with van der Waals surface area (Å²) < 4.78 is 0. The van der Waals surface area contributed by atoms with Crippen LogP contribution in [0.2, 0.25) is 0 Å². The van der Waals surface area contributed by atoms with Crippen LogP contribution < -0.4 is 5.73 Å². The molecule has 0 aromatic rings. The Kier molecular flexibility index (Phi) is 3.11. The summed E-state index contributed by atoms with van der Waals surface area (Å²) in [4.78, 5) is 22.7. The van der Waals surface area contributed by atoms with Crippen molar-refractivity contribution in [1.29, 1.82) is 0 Å². The van der Waals surface area contributed by atoms with Crippen molar-refractivity contribution >= 4 is 12.0 Å². The van der Waals surface area contributed by atoms with Crippen LogP contribution in [0.5, 0.6) is 0 Å². The molecule has 1 heterocycles. The van der Waals surface area contributed by atoms with Crippen LogP contribution in [-0.4, -0.2) is 34.6 Å². The predicted molar refractivity (Wildman–Crippen MR) is 46.2 cm³/mol. The van der Waals surface area contributed by atoms with Crippen LogP contribution in [0.15, 0.2) is 0 Å². The molecule has 0 radical (unpaired) electrons. The topological polar surface area (TPSA) is 83.6 Å². The van der Waals surface area contributed by atoms with Gasteiger partial charge >= 0.3 is 6.09 Å². The van der Waals surface area contributed by atoms with Crippen LogP contribution >= 0.6 is 0 Å². The lowest BCUT2D eigenvalue weighted by molar-refractivity contribution is -0.119. The third-order valence-corrected chi connectivity index (χ3v) is 2.31. The average Bonchev–Trinajstić information content (AvgIpc) is 2.03. The van der Waals surface area contributed by atoms with E-state index < -0.39 is 12.0 Å². The zero-order valence-electron chi connectivity index (χ0n) is 7.40. The highest BCUT2D eigenvalue weighted by atomic mass is 16.4. The molecular weight excluding hydrogens is 172 g/mol. The fourth-order valence-corrected chi connectivity index (χ4v) is 1.70. The first-order chi connectivity index (χ1) is 6.11. The van der Waals surface area contributed by atoms with Crippen LogP contribution in [0, 0.1) is 0 Å². The maximum absolute atomic E-state index is 10.7. The molecule has 2 amide bonds. The minimum Gasteiger partial charge on any atom is -0.465 e. The number of piperidine rings is 1. The number of rotatable bonds is 2.